The van der Waals surface area contributed by atoms with Crippen LogP contribution < -0.4 is 5.32 Å². The summed E-state index contributed by atoms with van der Waals surface area (Å²) < 4.78 is 23.5. The molecule has 1 saturated heterocycles. The number of aliphatic hydroxyl groups is 1. The highest BCUT2D eigenvalue weighted by Crippen LogP contribution is 2.32. The fraction of sp³-hybridized carbons (Fsp3) is 0.471. The zero-order chi connectivity index (χ0) is 33.4. The van der Waals surface area contributed by atoms with Crippen LogP contribution in [0.4, 0.5) is 0 Å². The van der Waals surface area contributed by atoms with Gasteiger partial charge in [0.05, 0.1) is 18.2 Å². The molecule has 248 valence electrons. The Morgan fingerprint density at radius 3 is 2.50 bits per heavy atom. The maximum atomic E-state index is 14.0. The molecule has 5 atom stereocenters. The molecule has 0 saturated carbocycles. The Balaban J connectivity index is 1.50. The SMILES string of the molecule is CN(C(=O)C1=C[C@H]2OCO[C@H]2[C@H](OC(=O)c2cccc(I)c2)C1)[C@H](Cc1ccccc1)C(=O)N[C@H](CO)CCC(=O)OC(C)(C)C. The molecular weight excluding hydrogens is 707 g/mol. The van der Waals surface area contributed by atoms with Crippen molar-refractivity contribution in [1.82, 2.24) is 10.2 Å². The van der Waals surface area contributed by atoms with E-state index in [9.17, 15) is 24.3 Å². The van der Waals surface area contributed by atoms with Crippen LogP contribution in [-0.2, 0) is 39.8 Å². The molecule has 1 heterocycles. The van der Waals surface area contributed by atoms with E-state index in [2.05, 4.69) is 27.9 Å². The van der Waals surface area contributed by atoms with Crippen LogP contribution in [0.1, 0.15) is 56.0 Å². The third kappa shape index (κ3) is 9.84. The predicted molar refractivity (Wildman–Crippen MR) is 176 cm³/mol. The van der Waals surface area contributed by atoms with E-state index in [1.165, 1.54) is 11.9 Å². The molecule has 2 aromatic rings. The van der Waals surface area contributed by atoms with Crippen molar-refractivity contribution in [3.63, 3.8) is 0 Å². The average molecular weight is 749 g/mol. The molecule has 0 spiro atoms. The average Bonchev–Trinajstić information content (AvgIpc) is 3.50. The molecule has 0 bridgehead atoms. The Kier molecular flexibility index (Phi) is 12.3. The van der Waals surface area contributed by atoms with Gasteiger partial charge in [0.1, 0.15) is 36.7 Å². The standard InChI is InChI=1S/C34H41IN2O9/c1-34(2,3)46-29(39)14-13-25(19-38)36-31(40)26(15-21-9-6-5-7-10-21)37(4)32(41)23-17-27-30(44-20-43-27)28(18-23)45-33(42)22-11-8-12-24(35)16-22/h5-12,16-17,25-28,30,38H,13-15,18-20H2,1-4H3,(H,36,40)/t25-,26+,27+,28+,30+/m0/s1. The van der Waals surface area contributed by atoms with Gasteiger partial charge in [-0.3, -0.25) is 14.4 Å². The molecule has 0 radical (unpaired) electrons. The van der Waals surface area contributed by atoms with Crippen LogP contribution in [0.5, 0.6) is 0 Å². The number of nitrogens with one attached hydrogen (secondary N) is 1. The molecule has 1 aliphatic heterocycles. The van der Waals surface area contributed by atoms with Gasteiger partial charge in [0.25, 0.3) is 0 Å². The molecule has 12 heteroatoms. The predicted octanol–water partition coefficient (Wildman–Crippen LogP) is 3.56. The number of hydrogen-bond donors (Lipinski definition) is 2. The summed E-state index contributed by atoms with van der Waals surface area (Å²) in [6.07, 6.45) is 0.119. The van der Waals surface area contributed by atoms with Crippen LogP contribution in [0.15, 0.2) is 66.2 Å². The molecule has 1 aliphatic carbocycles. The maximum Gasteiger partial charge on any atom is 0.338 e. The van der Waals surface area contributed by atoms with Crippen molar-refractivity contribution in [3.05, 3.63) is 80.9 Å². The Hall–Kier alpha value is -3.33. The highest BCUT2D eigenvalue weighted by atomic mass is 127. The van der Waals surface area contributed by atoms with Crippen molar-refractivity contribution in [3.8, 4) is 0 Å². The van der Waals surface area contributed by atoms with Crippen LogP contribution in [-0.4, -0.2) is 90.2 Å². The Labute approximate surface area is 282 Å². The lowest BCUT2D eigenvalue weighted by Gasteiger charge is -2.34. The molecule has 2 aromatic carbocycles. The third-order valence-corrected chi connectivity index (χ3v) is 8.31. The molecule has 4 rings (SSSR count). The van der Waals surface area contributed by atoms with E-state index >= 15 is 0 Å². The Bertz CT molecular complexity index is 1430. The smallest absolute Gasteiger partial charge is 0.338 e. The number of carbonyl (C=O) groups excluding carboxylic acids is 4. The summed E-state index contributed by atoms with van der Waals surface area (Å²) in [7, 11) is 1.54. The van der Waals surface area contributed by atoms with Gasteiger partial charge < -0.3 is 34.3 Å². The van der Waals surface area contributed by atoms with Crippen molar-refractivity contribution >= 4 is 46.3 Å². The zero-order valence-corrected chi connectivity index (χ0v) is 28.6. The van der Waals surface area contributed by atoms with Gasteiger partial charge in [-0.1, -0.05) is 36.4 Å². The first kappa shape index (κ1) is 35.5. The van der Waals surface area contributed by atoms with Gasteiger partial charge in [-0.15, -0.1) is 0 Å². The van der Waals surface area contributed by atoms with Crippen LogP contribution in [0, 0.1) is 3.57 Å². The van der Waals surface area contributed by atoms with Crippen molar-refractivity contribution in [2.75, 3.05) is 20.4 Å². The van der Waals surface area contributed by atoms with Gasteiger partial charge in [0, 0.05) is 35.5 Å². The number of rotatable bonds is 12. The molecule has 2 amide bonds. The van der Waals surface area contributed by atoms with Gasteiger partial charge in [-0.05, 0) is 79.6 Å². The second kappa shape index (κ2) is 16.0. The Morgan fingerprint density at radius 1 is 1.09 bits per heavy atom. The summed E-state index contributed by atoms with van der Waals surface area (Å²) in [5.41, 5.74) is 0.877. The van der Waals surface area contributed by atoms with Crippen molar-refractivity contribution in [1.29, 1.82) is 0 Å². The van der Waals surface area contributed by atoms with Crippen LogP contribution >= 0.6 is 22.6 Å². The lowest BCUT2D eigenvalue weighted by molar-refractivity contribution is -0.155. The van der Waals surface area contributed by atoms with E-state index in [1.807, 2.05) is 36.4 Å². The minimum atomic E-state index is -0.961. The molecule has 2 aliphatic rings. The van der Waals surface area contributed by atoms with Gasteiger partial charge >= 0.3 is 11.9 Å². The van der Waals surface area contributed by atoms with Gasteiger partial charge in [-0.25, -0.2) is 4.79 Å². The highest BCUT2D eigenvalue weighted by molar-refractivity contribution is 14.1. The highest BCUT2D eigenvalue weighted by Gasteiger charge is 2.43. The topological polar surface area (TPSA) is 141 Å². The number of carbonyl (C=O) groups is 4. The number of fused-ring (bicyclic) bond motifs is 1. The van der Waals surface area contributed by atoms with E-state index < -0.39 is 66.4 Å². The van der Waals surface area contributed by atoms with E-state index in [-0.39, 0.29) is 32.5 Å². The lowest BCUT2D eigenvalue weighted by Crippen LogP contribution is -2.53. The van der Waals surface area contributed by atoms with Gasteiger partial charge in [-0.2, -0.15) is 0 Å². The number of benzene rings is 2. The molecule has 1 fully saturated rings. The molecule has 11 nitrogen and oxygen atoms in total. The minimum Gasteiger partial charge on any atom is -0.460 e. The summed E-state index contributed by atoms with van der Waals surface area (Å²) >= 11 is 2.11. The van der Waals surface area contributed by atoms with E-state index in [1.54, 1.807) is 45.0 Å². The molecule has 0 unspecified atom stereocenters. The number of amides is 2. The van der Waals surface area contributed by atoms with Crippen LogP contribution in [0.2, 0.25) is 0 Å². The molecule has 0 aromatic heterocycles. The first-order valence-corrected chi connectivity index (χ1v) is 16.3. The van der Waals surface area contributed by atoms with Crippen LogP contribution in [0.25, 0.3) is 0 Å². The summed E-state index contributed by atoms with van der Waals surface area (Å²) in [6.45, 7) is 4.89. The first-order chi connectivity index (χ1) is 21.8. The second-order valence-corrected chi connectivity index (χ2v) is 13.6. The lowest BCUT2D eigenvalue weighted by atomic mass is 9.90. The van der Waals surface area contributed by atoms with Crippen molar-refractivity contribution in [2.24, 2.45) is 0 Å². The monoisotopic (exact) mass is 748 g/mol. The summed E-state index contributed by atoms with van der Waals surface area (Å²) in [4.78, 5) is 54.4. The quantitative estimate of drug-likeness (QED) is 0.247. The number of ether oxygens (including phenoxy) is 4. The largest absolute Gasteiger partial charge is 0.460 e. The summed E-state index contributed by atoms with van der Waals surface area (Å²) in [6, 6.07) is 14.6. The second-order valence-electron chi connectivity index (χ2n) is 12.4. The van der Waals surface area contributed by atoms with Crippen LogP contribution in [0.3, 0.4) is 0 Å². The number of hydrogen-bond acceptors (Lipinski definition) is 9. The van der Waals surface area contributed by atoms with Crippen molar-refractivity contribution < 1.29 is 43.2 Å². The third-order valence-electron chi connectivity index (χ3n) is 7.64. The number of halogens is 1. The minimum absolute atomic E-state index is 0.000645. The molecule has 46 heavy (non-hydrogen) atoms. The van der Waals surface area contributed by atoms with E-state index in [0.717, 1.165) is 9.13 Å². The fourth-order valence-electron chi connectivity index (χ4n) is 5.34. The fourth-order valence-corrected chi connectivity index (χ4v) is 5.88. The van der Waals surface area contributed by atoms with E-state index in [4.69, 9.17) is 18.9 Å². The number of likely N-dealkylation sites (N-methyl/N-ethyl adjacent to an activating group) is 1. The Morgan fingerprint density at radius 2 is 1.83 bits per heavy atom. The number of nitrogens with zero attached hydrogens (tertiary/aromatic N) is 1. The number of esters is 2. The maximum absolute atomic E-state index is 14.0. The number of aliphatic hydroxyl groups excluding tert-OH is 1. The summed E-state index contributed by atoms with van der Waals surface area (Å²) in [5.74, 6) is -1.90. The van der Waals surface area contributed by atoms with E-state index in [0.29, 0.717) is 11.1 Å². The normalized spacial score (nSPS) is 20.5. The van der Waals surface area contributed by atoms with Crippen molar-refractivity contribution in [2.45, 2.75) is 82.5 Å². The molecular formula is C34H41IN2O9. The molecule has 2 N–H and O–H groups in total. The van der Waals surface area contributed by atoms with Gasteiger partial charge in [0.15, 0.2) is 0 Å². The van der Waals surface area contributed by atoms with Gasteiger partial charge in [0.2, 0.25) is 11.8 Å². The zero-order valence-electron chi connectivity index (χ0n) is 26.4. The first-order valence-electron chi connectivity index (χ1n) is 15.2. The summed E-state index contributed by atoms with van der Waals surface area (Å²) in [5, 5.41) is 12.8.